The van der Waals surface area contributed by atoms with Gasteiger partial charge in [0, 0.05) is 19.0 Å². The van der Waals surface area contributed by atoms with Crippen LogP contribution in [0.15, 0.2) is 24.3 Å². The molecule has 0 aliphatic carbocycles. The Morgan fingerprint density at radius 2 is 1.86 bits per heavy atom. The van der Waals surface area contributed by atoms with Crippen molar-refractivity contribution in [2.45, 2.75) is 32.3 Å². The summed E-state index contributed by atoms with van der Waals surface area (Å²) in [5.74, 6) is -5.80. The standard InChI is InChI=1S/C17H17F3N2O6/c1-9-6-12(23)14(15(26)21-7-13(24)25)16(27)22(9)8-10-2-4-11(5-3-10)28-17(18,19)20/h2-5,9,14H,6-8H2,1H3,(H,21,26)(H,24,25). The van der Waals surface area contributed by atoms with Crippen molar-refractivity contribution in [1.29, 1.82) is 0 Å². The molecule has 28 heavy (non-hydrogen) atoms. The highest BCUT2D eigenvalue weighted by Gasteiger charge is 2.43. The number of hydrogen-bond acceptors (Lipinski definition) is 5. The molecule has 152 valence electrons. The molecule has 1 fully saturated rings. The Kier molecular flexibility index (Phi) is 6.26. The molecule has 0 saturated carbocycles. The zero-order chi connectivity index (χ0) is 21.1. The molecule has 1 aromatic rings. The van der Waals surface area contributed by atoms with E-state index in [0.29, 0.717) is 5.56 Å². The van der Waals surface area contributed by atoms with Gasteiger partial charge in [-0.1, -0.05) is 12.1 Å². The molecule has 0 bridgehead atoms. The third kappa shape index (κ3) is 5.44. The van der Waals surface area contributed by atoms with Crippen molar-refractivity contribution < 1.29 is 42.2 Å². The molecule has 2 N–H and O–H groups in total. The van der Waals surface area contributed by atoms with Gasteiger partial charge in [0.15, 0.2) is 11.7 Å². The average Bonchev–Trinajstić information content (AvgIpc) is 2.56. The van der Waals surface area contributed by atoms with E-state index in [0.717, 1.165) is 12.1 Å². The first-order valence-corrected chi connectivity index (χ1v) is 8.15. The second kappa shape index (κ2) is 8.28. The lowest BCUT2D eigenvalue weighted by Gasteiger charge is -2.36. The number of nitrogens with one attached hydrogen (secondary N) is 1. The molecule has 2 unspecified atom stereocenters. The number of hydrogen-bond donors (Lipinski definition) is 2. The van der Waals surface area contributed by atoms with Crippen LogP contribution in [-0.2, 0) is 25.7 Å². The van der Waals surface area contributed by atoms with E-state index in [4.69, 9.17) is 5.11 Å². The minimum absolute atomic E-state index is 0.0394. The average molecular weight is 402 g/mol. The van der Waals surface area contributed by atoms with Crippen LogP contribution in [0.2, 0.25) is 0 Å². The first-order chi connectivity index (χ1) is 13.0. The van der Waals surface area contributed by atoms with Gasteiger partial charge in [-0.3, -0.25) is 19.2 Å². The van der Waals surface area contributed by atoms with Crippen LogP contribution in [0.5, 0.6) is 5.75 Å². The number of nitrogens with zero attached hydrogens (tertiary/aromatic N) is 1. The first kappa shape index (κ1) is 21.2. The number of carboxylic acids is 1. The number of amides is 2. The summed E-state index contributed by atoms with van der Waals surface area (Å²) in [6.45, 7) is 0.830. The maximum Gasteiger partial charge on any atom is 0.573 e. The van der Waals surface area contributed by atoms with Crippen LogP contribution in [-0.4, -0.2) is 52.5 Å². The van der Waals surface area contributed by atoms with E-state index in [9.17, 15) is 32.3 Å². The Morgan fingerprint density at radius 1 is 1.25 bits per heavy atom. The van der Waals surface area contributed by atoms with E-state index in [2.05, 4.69) is 4.74 Å². The zero-order valence-corrected chi connectivity index (χ0v) is 14.7. The molecule has 1 saturated heterocycles. The normalized spacial score (nSPS) is 20.1. The van der Waals surface area contributed by atoms with Crippen LogP contribution in [0, 0.1) is 5.92 Å². The van der Waals surface area contributed by atoms with Crippen molar-refractivity contribution in [2.75, 3.05) is 6.54 Å². The third-order valence-electron chi connectivity index (χ3n) is 4.07. The summed E-state index contributed by atoms with van der Waals surface area (Å²) in [7, 11) is 0. The number of rotatable bonds is 6. The van der Waals surface area contributed by atoms with Crippen molar-refractivity contribution in [3.05, 3.63) is 29.8 Å². The van der Waals surface area contributed by atoms with Gasteiger partial charge in [-0.2, -0.15) is 0 Å². The van der Waals surface area contributed by atoms with Crippen molar-refractivity contribution >= 4 is 23.6 Å². The van der Waals surface area contributed by atoms with E-state index in [1.54, 1.807) is 6.92 Å². The van der Waals surface area contributed by atoms with Crippen LogP contribution < -0.4 is 10.1 Å². The summed E-state index contributed by atoms with van der Waals surface area (Å²) in [6, 6.07) is 4.30. The molecule has 8 nitrogen and oxygen atoms in total. The highest BCUT2D eigenvalue weighted by Crippen LogP contribution is 2.26. The van der Waals surface area contributed by atoms with Crippen molar-refractivity contribution in [3.63, 3.8) is 0 Å². The van der Waals surface area contributed by atoms with Crippen LogP contribution in [0.1, 0.15) is 18.9 Å². The minimum atomic E-state index is -4.82. The number of likely N-dealkylation sites (tertiary alicyclic amines) is 1. The van der Waals surface area contributed by atoms with E-state index >= 15 is 0 Å². The molecule has 11 heteroatoms. The van der Waals surface area contributed by atoms with E-state index in [1.807, 2.05) is 5.32 Å². The number of aliphatic carboxylic acids is 1. The molecule has 1 aromatic carbocycles. The van der Waals surface area contributed by atoms with Gasteiger partial charge in [0.1, 0.15) is 12.3 Å². The number of ether oxygens (including phenoxy) is 1. The second-order valence-corrected chi connectivity index (χ2v) is 6.22. The summed E-state index contributed by atoms with van der Waals surface area (Å²) in [4.78, 5) is 48.6. The lowest BCUT2D eigenvalue weighted by Crippen LogP contribution is -2.55. The predicted octanol–water partition coefficient (Wildman–Crippen LogP) is 1.09. The molecule has 0 aromatic heterocycles. The number of benzene rings is 1. The van der Waals surface area contributed by atoms with E-state index in [1.165, 1.54) is 17.0 Å². The number of carboxylic acid groups (broad SMARTS) is 1. The Morgan fingerprint density at radius 3 is 2.39 bits per heavy atom. The largest absolute Gasteiger partial charge is 0.573 e. The van der Waals surface area contributed by atoms with Gasteiger partial charge in [0.2, 0.25) is 11.8 Å². The van der Waals surface area contributed by atoms with E-state index < -0.39 is 54.2 Å². The molecular weight excluding hydrogens is 385 g/mol. The van der Waals surface area contributed by atoms with Crippen molar-refractivity contribution in [1.82, 2.24) is 10.2 Å². The molecule has 1 aliphatic rings. The molecule has 2 atom stereocenters. The molecule has 0 spiro atoms. The fraction of sp³-hybridized carbons (Fsp3) is 0.412. The fourth-order valence-corrected chi connectivity index (χ4v) is 2.79. The Hall–Kier alpha value is -3.11. The van der Waals surface area contributed by atoms with E-state index in [-0.39, 0.29) is 13.0 Å². The zero-order valence-electron chi connectivity index (χ0n) is 14.7. The molecular formula is C17H17F3N2O6. The number of carbonyl (C=O) groups is 4. The molecule has 1 heterocycles. The molecule has 2 amide bonds. The lowest BCUT2D eigenvalue weighted by atomic mass is 9.90. The first-order valence-electron chi connectivity index (χ1n) is 8.15. The minimum Gasteiger partial charge on any atom is -0.480 e. The van der Waals surface area contributed by atoms with Crippen molar-refractivity contribution in [2.24, 2.45) is 5.92 Å². The van der Waals surface area contributed by atoms with Gasteiger partial charge in [-0.05, 0) is 24.6 Å². The molecule has 2 rings (SSSR count). The molecule has 0 radical (unpaired) electrons. The van der Waals surface area contributed by atoms with Gasteiger partial charge in [-0.15, -0.1) is 13.2 Å². The number of carbonyl (C=O) groups excluding carboxylic acids is 3. The van der Waals surface area contributed by atoms with Crippen LogP contribution >= 0.6 is 0 Å². The number of Topliss-reactive ketones (excluding diaryl/α,β-unsaturated/α-hetero) is 1. The van der Waals surface area contributed by atoms with Gasteiger partial charge in [0.25, 0.3) is 0 Å². The Bertz CT molecular complexity index is 778. The number of alkyl halides is 3. The number of halogens is 3. The smallest absolute Gasteiger partial charge is 0.480 e. The summed E-state index contributed by atoms with van der Waals surface area (Å²) >= 11 is 0. The predicted molar refractivity (Wildman–Crippen MR) is 86.9 cm³/mol. The number of piperidine rings is 1. The maximum atomic E-state index is 12.6. The SMILES string of the molecule is CC1CC(=O)C(C(=O)NCC(=O)O)C(=O)N1Cc1ccc(OC(F)(F)F)cc1. The monoisotopic (exact) mass is 402 g/mol. The van der Waals surface area contributed by atoms with Gasteiger partial charge in [0.05, 0.1) is 0 Å². The fourth-order valence-electron chi connectivity index (χ4n) is 2.79. The third-order valence-corrected chi connectivity index (χ3v) is 4.07. The highest BCUT2D eigenvalue weighted by molar-refractivity contribution is 6.19. The summed E-state index contributed by atoms with van der Waals surface area (Å²) in [5, 5.41) is 10.6. The van der Waals surface area contributed by atoms with Gasteiger partial charge in [-0.25, -0.2) is 0 Å². The van der Waals surface area contributed by atoms with Gasteiger partial charge < -0.3 is 20.1 Å². The van der Waals surface area contributed by atoms with Crippen LogP contribution in [0.25, 0.3) is 0 Å². The summed E-state index contributed by atoms with van der Waals surface area (Å²) in [6.07, 6.45) is -4.93. The lowest BCUT2D eigenvalue weighted by molar-refractivity contribution is -0.274. The van der Waals surface area contributed by atoms with Crippen LogP contribution in [0.3, 0.4) is 0 Å². The second-order valence-electron chi connectivity index (χ2n) is 6.22. The summed E-state index contributed by atoms with van der Waals surface area (Å²) in [5.41, 5.74) is 0.466. The Labute approximate surface area is 157 Å². The van der Waals surface area contributed by atoms with Crippen LogP contribution in [0.4, 0.5) is 13.2 Å². The Balaban J connectivity index is 2.11. The maximum absolute atomic E-state index is 12.6. The quantitative estimate of drug-likeness (QED) is 0.689. The highest BCUT2D eigenvalue weighted by atomic mass is 19.4. The summed E-state index contributed by atoms with van der Waals surface area (Å²) < 4.78 is 40.4. The van der Waals surface area contributed by atoms with Gasteiger partial charge >= 0.3 is 12.3 Å². The van der Waals surface area contributed by atoms with Crippen molar-refractivity contribution in [3.8, 4) is 5.75 Å². The molecule has 1 aliphatic heterocycles. The topological polar surface area (TPSA) is 113 Å². The number of ketones is 1.